The Morgan fingerprint density at radius 2 is 1.63 bits per heavy atom. The molecule has 0 unspecified atom stereocenters. The lowest BCUT2D eigenvalue weighted by Gasteiger charge is -2.34. The molecule has 6 nitrogen and oxygen atoms in total. The van der Waals surface area contributed by atoms with E-state index in [0.29, 0.717) is 44.0 Å². The van der Waals surface area contributed by atoms with Crippen molar-refractivity contribution >= 4 is 11.8 Å². The molecule has 27 heavy (non-hydrogen) atoms. The van der Waals surface area contributed by atoms with Gasteiger partial charge in [-0.3, -0.25) is 14.6 Å². The largest absolute Gasteiger partial charge is 0.494 e. The van der Waals surface area contributed by atoms with E-state index in [4.69, 9.17) is 4.74 Å². The average Bonchev–Trinajstić information content (AvgIpc) is 2.74. The Morgan fingerprint density at radius 1 is 0.963 bits per heavy atom. The van der Waals surface area contributed by atoms with Gasteiger partial charge in [0.1, 0.15) is 11.4 Å². The van der Waals surface area contributed by atoms with Gasteiger partial charge in [-0.25, -0.2) is 0 Å². The first-order chi connectivity index (χ1) is 13.2. The molecule has 0 saturated carbocycles. The second kappa shape index (κ2) is 9.16. The second-order valence-corrected chi connectivity index (χ2v) is 6.53. The van der Waals surface area contributed by atoms with Crippen molar-refractivity contribution in [1.29, 1.82) is 0 Å². The number of unbranched alkanes of at least 4 members (excludes halogenated alkanes) is 1. The maximum Gasteiger partial charge on any atom is 0.272 e. The molecule has 142 valence electrons. The fourth-order valence-electron chi connectivity index (χ4n) is 2.97. The van der Waals surface area contributed by atoms with Crippen LogP contribution >= 0.6 is 0 Å². The molecule has 6 heteroatoms. The molecule has 2 amide bonds. The number of amides is 2. The first-order valence-corrected chi connectivity index (χ1v) is 9.41. The Hall–Kier alpha value is -2.89. The molecular weight excluding hydrogens is 342 g/mol. The van der Waals surface area contributed by atoms with Gasteiger partial charge in [-0.05, 0) is 42.8 Å². The summed E-state index contributed by atoms with van der Waals surface area (Å²) >= 11 is 0. The number of hydrogen-bond donors (Lipinski definition) is 0. The van der Waals surface area contributed by atoms with E-state index in [0.717, 1.165) is 18.6 Å². The van der Waals surface area contributed by atoms with E-state index in [1.807, 2.05) is 12.1 Å². The molecule has 0 N–H and O–H groups in total. The lowest BCUT2D eigenvalue weighted by Crippen LogP contribution is -2.50. The summed E-state index contributed by atoms with van der Waals surface area (Å²) in [4.78, 5) is 32.8. The van der Waals surface area contributed by atoms with Gasteiger partial charge < -0.3 is 14.5 Å². The lowest BCUT2D eigenvalue weighted by molar-refractivity contribution is 0.0532. The number of hydrogen-bond acceptors (Lipinski definition) is 4. The molecule has 1 aromatic carbocycles. The Balaban J connectivity index is 1.53. The first kappa shape index (κ1) is 18.9. The van der Waals surface area contributed by atoms with Crippen LogP contribution in [0.25, 0.3) is 0 Å². The molecule has 1 saturated heterocycles. The monoisotopic (exact) mass is 367 g/mol. The number of carbonyl (C=O) groups excluding carboxylic acids is 2. The highest BCUT2D eigenvalue weighted by molar-refractivity contribution is 5.95. The Bertz CT molecular complexity index is 754. The van der Waals surface area contributed by atoms with Gasteiger partial charge in [0.25, 0.3) is 11.8 Å². The highest BCUT2D eigenvalue weighted by atomic mass is 16.5. The Morgan fingerprint density at radius 3 is 2.22 bits per heavy atom. The van der Waals surface area contributed by atoms with Crippen LogP contribution in [0.5, 0.6) is 5.75 Å². The van der Waals surface area contributed by atoms with E-state index < -0.39 is 0 Å². The van der Waals surface area contributed by atoms with E-state index in [1.54, 1.807) is 46.3 Å². The van der Waals surface area contributed by atoms with Crippen LogP contribution in [0.2, 0.25) is 0 Å². The van der Waals surface area contributed by atoms with Crippen molar-refractivity contribution in [2.75, 3.05) is 32.8 Å². The first-order valence-electron chi connectivity index (χ1n) is 9.41. The van der Waals surface area contributed by atoms with Crippen molar-refractivity contribution in [3.05, 3.63) is 59.9 Å². The van der Waals surface area contributed by atoms with Crippen molar-refractivity contribution in [3.63, 3.8) is 0 Å². The molecule has 0 aliphatic carbocycles. The van der Waals surface area contributed by atoms with Crippen molar-refractivity contribution in [2.45, 2.75) is 19.8 Å². The van der Waals surface area contributed by atoms with Crippen molar-refractivity contribution in [2.24, 2.45) is 0 Å². The van der Waals surface area contributed by atoms with E-state index in [9.17, 15) is 9.59 Å². The number of aromatic nitrogens is 1. The van der Waals surface area contributed by atoms with E-state index in [2.05, 4.69) is 11.9 Å². The molecule has 0 atom stereocenters. The standard InChI is InChI=1S/C21H25N3O3/c1-2-3-16-27-18-9-7-17(8-10-18)20(25)23-12-14-24(15-13-23)21(26)19-6-4-5-11-22-19/h4-11H,2-3,12-16H2,1H3. The fourth-order valence-corrected chi connectivity index (χ4v) is 2.97. The summed E-state index contributed by atoms with van der Waals surface area (Å²) in [5, 5.41) is 0. The molecule has 0 spiro atoms. The van der Waals surface area contributed by atoms with E-state index >= 15 is 0 Å². The predicted molar refractivity (Wildman–Crippen MR) is 103 cm³/mol. The third-order valence-electron chi connectivity index (χ3n) is 4.61. The number of pyridine rings is 1. The minimum atomic E-state index is -0.0868. The highest BCUT2D eigenvalue weighted by Crippen LogP contribution is 2.16. The van der Waals surface area contributed by atoms with Crippen molar-refractivity contribution < 1.29 is 14.3 Å². The van der Waals surface area contributed by atoms with Crippen LogP contribution in [-0.2, 0) is 0 Å². The maximum absolute atomic E-state index is 12.7. The van der Waals surface area contributed by atoms with Crippen LogP contribution in [0.15, 0.2) is 48.7 Å². The summed E-state index contributed by atoms with van der Waals surface area (Å²) in [5.41, 5.74) is 1.08. The van der Waals surface area contributed by atoms with E-state index in [-0.39, 0.29) is 11.8 Å². The summed E-state index contributed by atoms with van der Waals surface area (Å²) in [7, 11) is 0. The van der Waals surface area contributed by atoms with Crippen LogP contribution in [0.4, 0.5) is 0 Å². The third-order valence-corrected chi connectivity index (χ3v) is 4.61. The third kappa shape index (κ3) is 4.84. The average molecular weight is 367 g/mol. The molecule has 1 aliphatic rings. The zero-order chi connectivity index (χ0) is 19.1. The van der Waals surface area contributed by atoms with Gasteiger partial charge in [0.2, 0.25) is 0 Å². The molecular formula is C21H25N3O3. The maximum atomic E-state index is 12.7. The second-order valence-electron chi connectivity index (χ2n) is 6.53. The van der Waals surface area contributed by atoms with Gasteiger partial charge in [-0.15, -0.1) is 0 Å². The van der Waals surface area contributed by atoms with Gasteiger partial charge in [0.15, 0.2) is 0 Å². The van der Waals surface area contributed by atoms with Crippen LogP contribution in [-0.4, -0.2) is 59.4 Å². The van der Waals surface area contributed by atoms with Crippen LogP contribution in [0.3, 0.4) is 0 Å². The number of benzene rings is 1. The SMILES string of the molecule is CCCCOc1ccc(C(=O)N2CCN(C(=O)c3ccccn3)CC2)cc1. The zero-order valence-electron chi connectivity index (χ0n) is 15.6. The van der Waals surface area contributed by atoms with Gasteiger partial charge in [0.05, 0.1) is 6.61 Å². The molecule has 0 radical (unpaired) electrons. The Kier molecular flexibility index (Phi) is 6.41. The molecule has 1 aliphatic heterocycles. The van der Waals surface area contributed by atoms with Crippen LogP contribution in [0.1, 0.15) is 40.6 Å². The fraction of sp³-hybridized carbons (Fsp3) is 0.381. The summed E-state index contributed by atoms with van der Waals surface area (Å²) in [5.74, 6) is 0.683. The molecule has 2 heterocycles. The quantitative estimate of drug-likeness (QED) is 0.737. The minimum absolute atomic E-state index is 0.0138. The predicted octanol–water partition coefficient (Wildman–Crippen LogP) is 2.86. The van der Waals surface area contributed by atoms with Crippen LogP contribution < -0.4 is 4.74 Å². The number of rotatable bonds is 6. The molecule has 2 aromatic rings. The van der Waals surface area contributed by atoms with E-state index in [1.165, 1.54) is 0 Å². The van der Waals surface area contributed by atoms with Crippen molar-refractivity contribution in [3.8, 4) is 5.75 Å². The molecule has 3 rings (SSSR count). The summed E-state index contributed by atoms with van der Waals surface area (Å²) in [6.45, 7) is 4.88. The summed E-state index contributed by atoms with van der Waals surface area (Å²) in [6.07, 6.45) is 3.72. The zero-order valence-corrected chi connectivity index (χ0v) is 15.6. The normalized spacial score (nSPS) is 14.1. The number of ether oxygens (including phenoxy) is 1. The van der Waals surface area contributed by atoms with Crippen LogP contribution in [0, 0.1) is 0 Å². The number of piperazine rings is 1. The smallest absolute Gasteiger partial charge is 0.272 e. The summed E-state index contributed by atoms with van der Waals surface area (Å²) < 4.78 is 5.63. The van der Waals surface area contributed by atoms with Gasteiger partial charge in [0, 0.05) is 37.9 Å². The summed E-state index contributed by atoms with van der Waals surface area (Å²) in [6, 6.07) is 12.6. The lowest BCUT2D eigenvalue weighted by atomic mass is 10.1. The Labute approximate surface area is 159 Å². The number of carbonyl (C=O) groups is 2. The van der Waals surface area contributed by atoms with Gasteiger partial charge >= 0.3 is 0 Å². The molecule has 0 bridgehead atoms. The topological polar surface area (TPSA) is 62.7 Å². The molecule has 1 fully saturated rings. The highest BCUT2D eigenvalue weighted by Gasteiger charge is 2.25. The van der Waals surface area contributed by atoms with Crippen molar-refractivity contribution in [1.82, 2.24) is 14.8 Å². The number of nitrogens with zero attached hydrogens (tertiary/aromatic N) is 3. The van der Waals surface area contributed by atoms with Gasteiger partial charge in [-0.2, -0.15) is 0 Å². The molecule has 1 aromatic heterocycles. The minimum Gasteiger partial charge on any atom is -0.494 e. The van der Waals surface area contributed by atoms with Gasteiger partial charge in [-0.1, -0.05) is 19.4 Å².